The largest absolute Gasteiger partial charge is 0.356 e. The van der Waals surface area contributed by atoms with Gasteiger partial charge in [-0.3, -0.25) is 0 Å². The lowest BCUT2D eigenvalue weighted by Crippen LogP contribution is -1.90. The fourth-order valence-corrected chi connectivity index (χ4v) is 4.59. The standard InChI is InChI=1S/C20H18.C12H11N/c1-2-3-5-14-8-9-17-11-10-15-6-4-7-16-12-13-18(14)20(17)19(15)16;1-3-7-11(8-4-1)13-12-9-5-2-6-10-12/h4,6-13H,2-3,5H2,1H3;1-10,13H. The number of nitrogens with one attached hydrogen (secondary N) is 1. The Labute approximate surface area is 196 Å². The van der Waals surface area contributed by atoms with Crippen molar-refractivity contribution in [3.63, 3.8) is 0 Å². The van der Waals surface area contributed by atoms with Gasteiger partial charge in [-0.15, -0.1) is 0 Å². The molecule has 0 aliphatic carbocycles. The minimum Gasteiger partial charge on any atom is -0.356 e. The van der Waals surface area contributed by atoms with E-state index in [1.165, 1.54) is 57.1 Å². The summed E-state index contributed by atoms with van der Waals surface area (Å²) >= 11 is 0. The quantitative estimate of drug-likeness (QED) is 0.270. The molecule has 0 aliphatic rings. The van der Waals surface area contributed by atoms with Gasteiger partial charge in [-0.1, -0.05) is 104 Å². The predicted octanol–water partition coefficient (Wildman–Crippen LogP) is 9.36. The molecule has 0 heterocycles. The number of benzene rings is 6. The zero-order valence-corrected chi connectivity index (χ0v) is 19.1. The second-order valence-electron chi connectivity index (χ2n) is 8.54. The van der Waals surface area contributed by atoms with E-state index in [0.29, 0.717) is 0 Å². The van der Waals surface area contributed by atoms with E-state index in [1.807, 2.05) is 60.7 Å². The molecule has 0 amide bonds. The van der Waals surface area contributed by atoms with E-state index in [9.17, 15) is 0 Å². The lowest BCUT2D eigenvalue weighted by atomic mass is 9.91. The predicted molar refractivity (Wildman–Crippen MR) is 145 cm³/mol. The first-order valence-corrected chi connectivity index (χ1v) is 11.9. The molecule has 0 bridgehead atoms. The van der Waals surface area contributed by atoms with Crippen LogP contribution in [-0.2, 0) is 6.42 Å². The zero-order valence-electron chi connectivity index (χ0n) is 19.1. The van der Waals surface area contributed by atoms with Crippen LogP contribution >= 0.6 is 0 Å². The third-order valence-electron chi connectivity index (χ3n) is 6.25. The van der Waals surface area contributed by atoms with Crippen LogP contribution in [0.4, 0.5) is 11.4 Å². The number of rotatable bonds is 5. The van der Waals surface area contributed by atoms with Crippen molar-refractivity contribution in [2.75, 3.05) is 5.32 Å². The highest BCUT2D eigenvalue weighted by atomic mass is 14.9. The van der Waals surface area contributed by atoms with E-state index in [0.717, 1.165) is 11.4 Å². The van der Waals surface area contributed by atoms with Crippen LogP contribution in [0.1, 0.15) is 25.3 Å². The smallest absolute Gasteiger partial charge is 0.0384 e. The Morgan fingerprint density at radius 3 is 1.67 bits per heavy atom. The number of unbranched alkanes of at least 4 members (excludes halogenated alkanes) is 1. The molecule has 0 fully saturated rings. The molecular formula is C32H29N. The fourth-order valence-electron chi connectivity index (χ4n) is 4.59. The molecule has 0 radical (unpaired) electrons. The van der Waals surface area contributed by atoms with Crippen LogP contribution in [0.5, 0.6) is 0 Å². The zero-order chi connectivity index (χ0) is 22.5. The van der Waals surface area contributed by atoms with Crippen molar-refractivity contribution < 1.29 is 0 Å². The summed E-state index contributed by atoms with van der Waals surface area (Å²) < 4.78 is 0. The molecule has 6 rings (SSSR count). The van der Waals surface area contributed by atoms with Crippen molar-refractivity contribution >= 4 is 43.7 Å². The van der Waals surface area contributed by atoms with Crippen LogP contribution in [0.2, 0.25) is 0 Å². The van der Waals surface area contributed by atoms with Gasteiger partial charge in [0.15, 0.2) is 0 Å². The lowest BCUT2D eigenvalue weighted by molar-refractivity contribution is 0.799. The molecule has 1 nitrogen and oxygen atoms in total. The third-order valence-corrected chi connectivity index (χ3v) is 6.25. The van der Waals surface area contributed by atoms with E-state index >= 15 is 0 Å². The summed E-state index contributed by atoms with van der Waals surface area (Å²) in [7, 11) is 0. The van der Waals surface area contributed by atoms with Crippen LogP contribution in [0.25, 0.3) is 32.3 Å². The van der Waals surface area contributed by atoms with E-state index in [2.05, 4.69) is 66.8 Å². The van der Waals surface area contributed by atoms with Gasteiger partial charge in [-0.05, 0) is 75.0 Å². The van der Waals surface area contributed by atoms with Gasteiger partial charge in [-0.2, -0.15) is 0 Å². The Balaban J connectivity index is 0.000000152. The van der Waals surface area contributed by atoms with Crippen molar-refractivity contribution in [1.82, 2.24) is 0 Å². The van der Waals surface area contributed by atoms with Crippen LogP contribution in [0.15, 0.2) is 115 Å². The molecular weight excluding hydrogens is 398 g/mol. The molecule has 0 unspecified atom stereocenters. The SMILES string of the molecule is CCCCc1ccc2ccc3cccc4ccc1c2c34.c1ccc(Nc2ccccc2)cc1. The average Bonchev–Trinajstić information content (AvgIpc) is 2.88. The minimum atomic E-state index is 1.12. The van der Waals surface area contributed by atoms with E-state index in [4.69, 9.17) is 0 Å². The molecule has 1 heteroatoms. The lowest BCUT2D eigenvalue weighted by Gasteiger charge is -2.13. The summed E-state index contributed by atoms with van der Waals surface area (Å²) in [4.78, 5) is 0. The summed E-state index contributed by atoms with van der Waals surface area (Å²) in [5.74, 6) is 0. The second kappa shape index (κ2) is 9.75. The van der Waals surface area contributed by atoms with Crippen LogP contribution in [0.3, 0.4) is 0 Å². The Morgan fingerprint density at radius 2 is 1.06 bits per heavy atom. The molecule has 162 valence electrons. The molecule has 0 saturated heterocycles. The molecule has 0 spiro atoms. The summed E-state index contributed by atoms with van der Waals surface area (Å²) in [6, 6.07) is 40.6. The van der Waals surface area contributed by atoms with Crippen molar-refractivity contribution in [3.8, 4) is 0 Å². The maximum absolute atomic E-state index is 3.30. The first-order chi connectivity index (χ1) is 16.3. The van der Waals surface area contributed by atoms with Crippen LogP contribution < -0.4 is 5.32 Å². The van der Waals surface area contributed by atoms with Gasteiger partial charge in [0.1, 0.15) is 0 Å². The molecule has 0 saturated carbocycles. The van der Waals surface area contributed by atoms with E-state index < -0.39 is 0 Å². The molecule has 1 N–H and O–H groups in total. The molecule has 0 atom stereocenters. The van der Waals surface area contributed by atoms with Gasteiger partial charge < -0.3 is 5.32 Å². The Kier molecular flexibility index (Phi) is 6.21. The Hall–Kier alpha value is -3.84. The van der Waals surface area contributed by atoms with Crippen molar-refractivity contribution in [2.45, 2.75) is 26.2 Å². The normalized spacial score (nSPS) is 10.9. The molecule has 6 aromatic carbocycles. The van der Waals surface area contributed by atoms with Gasteiger partial charge in [0.25, 0.3) is 0 Å². The Bertz CT molecular complexity index is 1400. The minimum absolute atomic E-state index is 1.12. The third kappa shape index (κ3) is 4.54. The molecule has 0 aliphatic heterocycles. The summed E-state index contributed by atoms with van der Waals surface area (Å²) in [5, 5.41) is 11.7. The van der Waals surface area contributed by atoms with Crippen LogP contribution in [0, 0.1) is 0 Å². The first-order valence-electron chi connectivity index (χ1n) is 11.9. The number of hydrogen-bond donors (Lipinski definition) is 1. The van der Waals surface area contributed by atoms with Crippen molar-refractivity contribution in [3.05, 3.63) is 121 Å². The van der Waals surface area contributed by atoms with Crippen molar-refractivity contribution in [1.29, 1.82) is 0 Å². The highest BCUT2D eigenvalue weighted by molar-refractivity contribution is 6.23. The maximum atomic E-state index is 3.30. The topological polar surface area (TPSA) is 12.0 Å². The van der Waals surface area contributed by atoms with Gasteiger partial charge in [0.2, 0.25) is 0 Å². The van der Waals surface area contributed by atoms with E-state index in [-0.39, 0.29) is 0 Å². The summed E-state index contributed by atoms with van der Waals surface area (Å²) in [6.07, 6.45) is 3.70. The number of hydrogen-bond acceptors (Lipinski definition) is 1. The summed E-state index contributed by atoms with van der Waals surface area (Å²) in [5.41, 5.74) is 3.74. The van der Waals surface area contributed by atoms with Gasteiger partial charge in [-0.25, -0.2) is 0 Å². The monoisotopic (exact) mass is 427 g/mol. The summed E-state index contributed by atoms with van der Waals surface area (Å²) in [6.45, 7) is 2.26. The highest BCUT2D eigenvalue weighted by Gasteiger charge is 2.10. The molecule has 6 aromatic rings. The van der Waals surface area contributed by atoms with Gasteiger partial charge in [0, 0.05) is 11.4 Å². The number of anilines is 2. The number of para-hydroxylation sites is 2. The highest BCUT2D eigenvalue weighted by Crippen LogP contribution is 2.36. The van der Waals surface area contributed by atoms with Gasteiger partial charge >= 0.3 is 0 Å². The molecule has 33 heavy (non-hydrogen) atoms. The Morgan fingerprint density at radius 1 is 0.515 bits per heavy atom. The van der Waals surface area contributed by atoms with Gasteiger partial charge in [0.05, 0.1) is 0 Å². The molecule has 0 aromatic heterocycles. The second-order valence-corrected chi connectivity index (χ2v) is 8.54. The number of aryl methyl sites for hydroxylation is 1. The maximum Gasteiger partial charge on any atom is 0.0384 e. The fraction of sp³-hybridized carbons (Fsp3) is 0.125. The van der Waals surface area contributed by atoms with Crippen LogP contribution in [-0.4, -0.2) is 0 Å². The average molecular weight is 428 g/mol. The van der Waals surface area contributed by atoms with E-state index in [1.54, 1.807) is 0 Å². The van der Waals surface area contributed by atoms with Crippen molar-refractivity contribution in [2.24, 2.45) is 0 Å². The first kappa shape index (κ1) is 21.0.